The van der Waals surface area contributed by atoms with Crippen molar-refractivity contribution in [3.05, 3.63) is 36.3 Å². The molecule has 7 nitrogen and oxygen atoms in total. The molecule has 142 valence electrons. The molecule has 2 aromatic heterocycles. The van der Waals surface area contributed by atoms with E-state index in [1.54, 1.807) is 16.6 Å². The molecule has 3 heterocycles. The number of amides is 1. The van der Waals surface area contributed by atoms with Gasteiger partial charge in [-0.25, -0.2) is 13.9 Å². The van der Waals surface area contributed by atoms with E-state index in [1.165, 1.54) is 23.5 Å². The fourth-order valence-corrected chi connectivity index (χ4v) is 4.04. The van der Waals surface area contributed by atoms with Gasteiger partial charge in [-0.05, 0) is 24.3 Å². The molecule has 0 aliphatic carbocycles. The standard InChI is InChI=1S/C18H21FN6OS/c1-12(10-20)16(26)23-6-8-24(9-7-23)18-22-25-11-15(21-17(25)27-18)13-2-4-14(19)5-3-13/h2-5,11-12H,6-10,20H2,1H3. The van der Waals surface area contributed by atoms with Gasteiger partial charge in [0.2, 0.25) is 16.0 Å². The van der Waals surface area contributed by atoms with E-state index in [9.17, 15) is 9.18 Å². The van der Waals surface area contributed by atoms with Crippen LogP contribution in [0.5, 0.6) is 0 Å². The van der Waals surface area contributed by atoms with Gasteiger partial charge in [0.25, 0.3) is 0 Å². The summed E-state index contributed by atoms with van der Waals surface area (Å²) < 4.78 is 14.8. The third-order valence-electron chi connectivity index (χ3n) is 4.81. The quantitative estimate of drug-likeness (QED) is 0.738. The van der Waals surface area contributed by atoms with Crippen LogP contribution in [0, 0.1) is 11.7 Å². The number of anilines is 1. The van der Waals surface area contributed by atoms with E-state index in [-0.39, 0.29) is 17.6 Å². The number of nitrogens with two attached hydrogens (primary N) is 1. The van der Waals surface area contributed by atoms with Gasteiger partial charge in [-0.3, -0.25) is 4.79 Å². The number of carbonyl (C=O) groups excluding carboxylic acids is 1. The van der Waals surface area contributed by atoms with Crippen molar-refractivity contribution < 1.29 is 9.18 Å². The highest BCUT2D eigenvalue weighted by Crippen LogP contribution is 2.27. The second-order valence-electron chi connectivity index (χ2n) is 6.69. The minimum absolute atomic E-state index is 0.120. The van der Waals surface area contributed by atoms with Crippen molar-refractivity contribution in [2.45, 2.75) is 6.92 Å². The van der Waals surface area contributed by atoms with Crippen molar-refractivity contribution in [2.24, 2.45) is 11.7 Å². The van der Waals surface area contributed by atoms with E-state index in [4.69, 9.17) is 5.73 Å². The summed E-state index contributed by atoms with van der Waals surface area (Å²) in [6, 6.07) is 6.27. The van der Waals surface area contributed by atoms with E-state index < -0.39 is 0 Å². The maximum atomic E-state index is 13.1. The number of imidazole rings is 1. The van der Waals surface area contributed by atoms with Crippen molar-refractivity contribution in [3.63, 3.8) is 0 Å². The fourth-order valence-electron chi connectivity index (χ4n) is 3.11. The summed E-state index contributed by atoms with van der Waals surface area (Å²) in [6.45, 7) is 5.06. The second kappa shape index (κ2) is 7.24. The van der Waals surface area contributed by atoms with Gasteiger partial charge >= 0.3 is 0 Å². The Labute approximate surface area is 160 Å². The molecule has 0 spiro atoms. The van der Waals surface area contributed by atoms with Crippen LogP contribution in [0.4, 0.5) is 9.52 Å². The lowest BCUT2D eigenvalue weighted by Crippen LogP contribution is -2.50. The van der Waals surface area contributed by atoms with Crippen LogP contribution in [0.15, 0.2) is 30.5 Å². The number of hydrogen-bond acceptors (Lipinski definition) is 6. The Morgan fingerprint density at radius 1 is 1.26 bits per heavy atom. The Morgan fingerprint density at radius 3 is 2.59 bits per heavy atom. The molecule has 0 radical (unpaired) electrons. The number of piperazine rings is 1. The average molecular weight is 388 g/mol. The molecule has 0 bridgehead atoms. The SMILES string of the molecule is CC(CN)C(=O)N1CCN(c2nn3cc(-c4ccc(F)cc4)nc3s2)CC1. The monoisotopic (exact) mass is 388 g/mol. The van der Waals surface area contributed by atoms with Crippen LogP contribution in [-0.2, 0) is 4.79 Å². The number of nitrogens with zero attached hydrogens (tertiary/aromatic N) is 5. The third kappa shape index (κ3) is 3.52. The predicted octanol–water partition coefficient (Wildman–Crippen LogP) is 1.84. The van der Waals surface area contributed by atoms with Crippen LogP contribution in [0.2, 0.25) is 0 Å². The van der Waals surface area contributed by atoms with Crippen molar-refractivity contribution >= 4 is 27.3 Å². The lowest BCUT2D eigenvalue weighted by atomic mass is 10.1. The second-order valence-corrected chi connectivity index (χ2v) is 7.63. The normalized spacial score (nSPS) is 16.1. The fraction of sp³-hybridized carbons (Fsp3) is 0.389. The van der Waals surface area contributed by atoms with E-state index >= 15 is 0 Å². The molecule has 27 heavy (non-hydrogen) atoms. The summed E-state index contributed by atoms with van der Waals surface area (Å²) in [5, 5.41) is 5.51. The molecule has 3 aromatic rings. The highest BCUT2D eigenvalue weighted by molar-refractivity contribution is 7.20. The predicted molar refractivity (Wildman–Crippen MR) is 103 cm³/mol. The molecule has 1 aromatic carbocycles. The van der Waals surface area contributed by atoms with E-state index in [2.05, 4.69) is 15.0 Å². The van der Waals surface area contributed by atoms with Crippen LogP contribution in [0.25, 0.3) is 16.2 Å². The minimum atomic E-state index is -0.265. The molecule has 2 N–H and O–H groups in total. The van der Waals surface area contributed by atoms with Crippen LogP contribution < -0.4 is 10.6 Å². The molecule has 1 fully saturated rings. The number of fused-ring (bicyclic) bond motifs is 1. The molecule has 9 heteroatoms. The summed E-state index contributed by atoms with van der Waals surface area (Å²) in [4.78, 5) is 21.7. The summed E-state index contributed by atoms with van der Waals surface area (Å²) in [6.07, 6.45) is 1.85. The van der Waals surface area contributed by atoms with Crippen molar-refractivity contribution in [1.29, 1.82) is 0 Å². The van der Waals surface area contributed by atoms with Crippen LogP contribution >= 0.6 is 11.3 Å². The number of aromatic nitrogens is 3. The topological polar surface area (TPSA) is 79.8 Å². The summed E-state index contributed by atoms with van der Waals surface area (Å²) in [5.74, 6) is -0.279. The molecule has 1 saturated heterocycles. The highest BCUT2D eigenvalue weighted by Gasteiger charge is 2.26. The number of carbonyl (C=O) groups is 1. The number of hydrogen-bond donors (Lipinski definition) is 1. The zero-order valence-corrected chi connectivity index (χ0v) is 15.8. The Bertz CT molecular complexity index is 913. The smallest absolute Gasteiger partial charge is 0.226 e. The number of benzene rings is 1. The summed E-state index contributed by atoms with van der Waals surface area (Å²) >= 11 is 1.51. The molecule has 1 amide bonds. The number of halogens is 1. The zero-order valence-electron chi connectivity index (χ0n) is 15.0. The van der Waals surface area contributed by atoms with Gasteiger partial charge in [-0.1, -0.05) is 18.3 Å². The Hall–Kier alpha value is -2.52. The van der Waals surface area contributed by atoms with Gasteiger partial charge in [0.15, 0.2) is 0 Å². The summed E-state index contributed by atoms with van der Waals surface area (Å²) in [5.41, 5.74) is 7.22. The lowest BCUT2D eigenvalue weighted by Gasteiger charge is -2.35. The van der Waals surface area contributed by atoms with Crippen molar-refractivity contribution in [1.82, 2.24) is 19.5 Å². The van der Waals surface area contributed by atoms with E-state index in [0.29, 0.717) is 19.6 Å². The lowest BCUT2D eigenvalue weighted by molar-refractivity contribution is -0.134. The van der Waals surface area contributed by atoms with Crippen molar-refractivity contribution in [3.8, 4) is 11.3 Å². The Balaban J connectivity index is 1.45. The van der Waals surface area contributed by atoms with Crippen molar-refractivity contribution in [2.75, 3.05) is 37.6 Å². The molecule has 1 aliphatic heterocycles. The van der Waals surface area contributed by atoms with Gasteiger partial charge in [-0.15, -0.1) is 5.10 Å². The highest BCUT2D eigenvalue weighted by atomic mass is 32.1. The maximum Gasteiger partial charge on any atom is 0.226 e. The maximum absolute atomic E-state index is 13.1. The van der Waals surface area contributed by atoms with E-state index in [0.717, 1.165) is 34.4 Å². The largest absolute Gasteiger partial charge is 0.343 e. The first-order valence-corrected chi connectivity index (χ1v) is 9.73. The molecular formula is C18H21FN6OS. The Kier molecular flexibility index (Phi) is 4.79. The number of rotatable bonds is 4. The van der Waals surface area contributed by atoms with Gasteiger partial charge in [0.1, 0.15) is 5.82 Å². The first-order valence-electron chi connectivity index (χ1n) is 8.91. The van der Waals surface area contributed by atoms with Crippen LogP contribution in [-0.4, -0.2) is 58.1 Å². The minimum Gasteiger partial charge on any atom is -0.343 e. The molecule has 1 unspecified atom stereocenters. The van der Waals surface area contributed by atoms with Crippen LogP contribution in [0.3, 0.4) is 0 Å². The molecule has 4 rings (SSSR count). The first-order chi connectivity index (χ1) is 13.0. The average Bonchev–Trinajstić information content (AvgIpc) is 3.27. The van der Waals surface area contributed by atoms with Crippen LogP contribution in [0.1, 0.15) is 6.92 Å². The van der Waals surface area contributed by atoms with Gasteiger partial charge in [0.05, 0.1) is 11.9 Å². The Morgan fingerprint density at radius 2 is 1.96 bits per heavy atom. The first kappa shape index (κ1) is 17.9. The molecule has 1 atom stereocenters. The van der Waals surface area contributed by atoms with Gasteiger partial charge in [-0.2, -0.15) is 0 Å². The molecule has 0 saturated carbocycles. The third-order valence-corrected chi connectivity index (χ3v) is 5.79. The van der Waals surface area contributed by atoms with Gasteiger partial charge < -0.3 is 15.5 Å². The summed E-state index contributed by atoms with van der Waals surface area (Å²) in [7, 11) is 0. The molecule has 1 aliphatic rings. The van der Waals surface area contributed by atoms with E-state index in [1.807, 2.05) is 18.0 Å². The van der Waals surface area contributed by atoms with Gasteiger partial charge in [0, 0.05) is 44.2 Å². The molecular weight excluding hydrogens is 367 g/mol. The zero-order chi connectivity index (χ0) is 19.0.